The second-order valence-corrected chi connectivity index (χ2v) is 8.89. The molecule has 1 atom stereocenters. The van der Waals surface area contributed by atoms with Gasteiger partial charge in [0.25, 0.3) is 0 Å². The summed E-state index contributed by atoms with van der Waals surface area (Å²) in [5, 5.41) is 3.65. The maximum absolute atomic E-state index is 3.65. The topological polar surface area (TPSA) is 12.0 Å². The van der Waals surface area contributed by atoms with Crippen LogP contribution in [0.5, 0.6) is 0 Å². The molecular formula is C27H29N. The molecule has 1 heteroatoms. The van der Waals surface area contributed by atoms with E-state index in [4.69, 9.17) is 0 Å². The van der Waals surface area contributed by atoms with Crippen LogP contribution in [0, 0.1) is 5.92 Å². The Balaban J connectivity index is 1.34. The summed E-state index contributed by atoms with van der Waals surface area (Å²) >= 11 is 0. The number of rotatable bonds is 3. The van der Waals surface area contributed by atoms with Crippen molar-refractivity contribution < 1.29 is 0 Å². The summed E-state index contributed by atoms with van der Waals surface area (Å²) < 4.78 is 0. The van der Waals surface area contributed by atoms with Gasteiger partial charge in [-0.05, 0) is 78.2 Å². The van der Waals surface area contributed by atoms with Crippen LogP contribution in [-0.4, -0.2) is 0 Å². The van der Waals surface area contributed by atoms with Crippen LogP contribution in [0.1, 0.15) is 57.1 Å². The Labute approximate surface area is 168 Å². The third-order valence-electron chi connectivity index (χ3n) is 6.70. The van der Waals surface area contributed by atoms with Gasteiger partial charge in [0, 0.05) is 22.7 Å². The van der Waals surface area contributed by atoms with E-state index < -0.39 is 0 Å². The largest absolute Gasteiger partial charge is 0.356 e. The molecule has 0 aromatic heterocycles. The van der Waals surface area contributed by atoms with E-state index >= 15 is 0 Å². The summed E-state index contributed by atoms with van der Waals surface area (Å²) in [6.45, 7) is 4.73. The van der Waals surface area contributed by atoms with E-state index in [1.165, 1.54) is 59.3 Å². The second kappa shape index (κ2) is 6.81. The lowest BCUT2D eigenvalue weighted by Gasteiger charge is -2.24. The Kier molecular flexibility index (Phi) is 4.27. The highest BCUT2D eigenvalue weighted by molar-refractivity contribution is 5.84. The fraction of sp³-hybridized carbons (Fsp3) is 0.333. The van der Waals surface area contributed by atoms with E-state index in [9.17, 15) is 0 Å². The summed E-state index contributed by atoms with van der Waals surface area (Å²) in [5.74, 6) is 0.531. The molecule has 1 aromatic rings. The molecule has 0 spiro atoms. The molecule has 1 nitrogen and oxygen atoms in total. The Morgan fingerprint density at radius 3 is 2.64 bits per heavy atom. The zero-order valence-electron chi connectivity index (χ0n) is 17.0. The average molecular weight is 368 g/mol. The van der Waals surface area contributed by atoms with E-state index in [1.54, 1.807) is 5.57 Å². The highest BCUT2D eigenvalue weighted by Gasteiger charge is 2.37. The third-order valence-corrected chi connectivity index (χ3v) is 6.70. The first-order valence-corrected chi connectivity index (χ1v) is 10.7. The van der Waals surface area contributed by atoms with E-state index in [-0.39, 0.29) is 5.41 Å². The molecule has 5 rings (SSSR count). The van der Waals surface area contributed by atoms with Gasteiger partial charge < -0.3 is 5.32 Å². The van der Waals surface area contributed by atoms with Gasteiger partial charge in [0.2, 0.25) is 0 Å². The van der Waals surface area contributed by atoms with Gasteiger partial charge in [0.05, 0.1) is 0 Å². The molecule has 1 N–H and O–H groups in total. The minimum absolute atomic E-state index is 0.0982. The minimum atomic E-state index is 0.0982. The van der Waals surface area contributed by atoms with Crippen molar-refractivity contribution in [3.05, 3.63) is 94.8 Å². The van der Waals surface area contributed by atoms with E-state index in [2.05, 4.69) is 86.0 Å². The summed E-state index contributed by atoms with van der Waals surface area (Å²) in [6, 6.07) is 6.94. The van der Waals surface area contributed by atoms with Gasteiger partial charge in [-0.2, -0.15) is 0 Å². The zero-order valence-corrected chi connectivity index (χ0v) is 17.0. The van der Waals surface area contributed by atoms with Crippen molar-refractivity contribution in [2.24, 2.45) is 5.92 Å². The van der Waals surface area contributed by atoms with Crippen molar-refractivity contribution in [2.45, 2.75) is 51.4 Å². The average Bonchev–Trinajstić information content (AvgIpc) is 2.97. The highest BCUT2D eigenvalue weighted by Crippen LogP contribution is 2.50. The van der Waals surface area contributed by atoms with Gasteiger partial charge in [-0.25, -0.2) is 0 Å². The first kappa shape index (κ1) is 17.6. The van der Waals surface area contributed by atoms with Crippen molar-refractivity contribution in [3.8, 4) is 0 Å². The van der Waals surface area contributed by atoms with E-state index in [0.29, 0.717) is 5.92 Å². The van der Waals surface area contributed by atoms with Crippen molar-refractivity contribution in [1.82, 2.24) is 0 Å². The van der Waals surface area contributed by atoms with Gasteiger partial charge in [-0.15, -0.1) is 0 Å². The molecule has 142 valence electrons. The summed E-state index contributed by atoms with van der Waals surface area (Å²) in [7, 11) is 0. The summed E-state index contributed by atoms with van der Waals surface area (Å²) in [5.41, 5.74) is 9.97. The predicted molar refractivity (Wildman–Crippen MR) is 120 cm³/mol. The van der Waals surface area contributed by atoms with Crippen molar-refractivity contribution in [2.75, 3.05) is 5.32 Å². The number of fused-ring (bicyclic) bond motifs is 2. The third kappa shape index (κ3) is 2.94. The van der Waals surface area contributed by atoms with Crippen LogP contribution in [0.15, 0.2) is 83.7 Å². The van der Waals surface area contributed by atoms with E-state index in [0.717, 1.165) is 6.42 Å². The number of allylic oxidation sites excluding steroid dienone is 11. The molecular weight excluding hydrogens is 338 g/mol. The maximum atomic E-state index is 3.65. The lowest BCUT2D eigenvalue weighted by Crippen LogP contribution is -2.17. The lowest BCUT2D eigenvalue weighted by molar-refractivity contribution is 0.651. The molecule has 1 unspecified atom stereocenters. The zero-order chi connectivity index (χ0) is 19.1. The van der Waals surface area contributed by atoms with Crippen LogP contribution in [0.3, 0.4) is 0 Å². The van der Waals surface area contributed by atoms with Crippen molar-refractivity contribution >= 4 is 11.3 Å². The number of nitrogens with one attached hydrogen (secondary N) is 1. The quantitative estimate of drug-likeness (QED) is 0.594. The van der Waals surface area contributed by atoms with Crippen LogP contribution < -0.4 is 5.32 Å². The SMILES string of the molecule is CC1(C)C2=C(CCC=C2)c2ccc(NC3=CCC(C4=CCCC=C4)C=C3)cc21. The number of hydrogen-bond donors (Lipinski definition) is 1. The number of benzene rings is 1. The summed E-state index contributed by atoms with van der Waals surface area (Å²) in [4.78, 5) is 0. The van der Waals surface area contributed by atoms with Crippen LogP contribution in [-0.2, 0) is 5.41 Å². The molecule has 0 fully saturated rings. The molecule has 4 aliphatic carbocycles. The Hall–Kier alpha value is -2.54. The van der Waals surface area contributed by atoms with Gasteiger partial charge in [-0.3, -0.25) is 0 Å². The molecule has 0 amide bonds. The lowest BCUT2D eigenvalue weighted by atomic mass is 9.80. The Morgan fingerprint density at radius 2 is 1.86 bits per heavy atom. The first-order valence-electron chi connectivity index (χ1n) is 10.7. The Bertz CT molecular complexity index is 991. The second-order valence-electron chi connectivity index (χ2n) is 8.89. The fourth-order valence-corrected chi connectivity index (χ4v) is 5.11. The first-order chi connectivity index (χ1) is 13.6. The van der Waals surface area contributed by atoms with Gasteiger partial charge in [-0.1, -0.05) is 62.4 Å². The molecule has 4 aliphatic rings. The fourth-order valence-electron chi connectivity index (χ4n) is 5.11. The maximum Gasteiger partial charge on any atom is 0.0387 e. The molecule has 0 heterocycles. The summed E-state index contributed by atoms with van der Waals surface area (Å²) in [6.07, 6.45) is 24.4. The molecule has 0 radical (unpaired) electrons. The van der Waals surface area contributed by atoms with Crippen LogP contribution >= 0.6 is 0 Å². The van der Waals surface area contributed by atoms with Gasteiger partial charge in [0.1, 0.15) is 0 Å². The molecule has 0 aliphatic heterocycles. The van der Waals surface area contributed by atoms with Crippen molar-refractivity contribution in [1.29, 1.82) is 0 Å². The molecule has 1 aromatic carbocycles. The van der Waals surface area contributed by atoms with Crippen LogP contribution in [0.4, 0.5) is 5.69 Å². The molecule has 28 heavy (non-hydrogen) atoms. The van der Waals surface area contributed by atoms with Gasteiger partial charge >= 0.3 is 0 Å². The highest BCUT2D eigenvalue weighted by atomic mass is 14.9. The van der Waals surface area contributed by atoms with Crippen LogP contribution in [0.2, 0.25) is 0 Å². The number of anilines is 1. The minimum Gasteiger partial charge on any atom is -0.356 e. The molecule has 0 saturated carbocycles. The Morgan fingerprint density at radius 1 is 0.964 bits per heavy atom. The smallest absolute Gasteiger partial charge is 0.0387 e. The van der Waals surface area contributed by atoms with Gasteiger partial charge in [0.15, 0.2) is 0 Å². The molecule has 0 saturated heterocycles. The number of hydrogen-bond acceptors (Lipinski definition) is 1. The van der Waals surface area contributed by atoms with E-state index in [1.807, 2.05) is 0 Å². The normalized spacial score (nSPS) is 24.6. The molecule has 0 bridgehead atoms. The standard InChI is InChI=1S/C27H29N/c1-27(2)25-11-7-6-10-23(25)24-17-16-22(18-26(24)27)28-21-14-12-20(13-15-21)19-8-4-3-5-9-19/h4,7-9,11-12,14-18,20,28H,3,5-6,10,13H2,1-2H3. The monoisotopic (exact) mass is 367 g/mol. The van der Waals surface area contributed by atoms with Crippen LogP contribution in [0.25, 0.3) is 5.57 Å². The van der Waals surface area contributed by atoms with Crippen molar-refractivity contribution in [3.63, 3.8) is 0 Å². The predicted octanol–water partition coefficient (Wildman–Crippen LogP) is 7.23.